The maximum atomic E-state index is 11.6. The highest BCUT2D eigenvalue weighted by atomic mass is 16.5. The van der Waals surface area contributed by atoms with Gasteiger partial charge in [-0.15, -0.1) is 0 Å². The van der Waals surface area contributed by atoms with Gasteiger partial charge in [0.1, 0.15) is 17.9 Å². The lowest BCUT2D eigenvalue weighted by Gasteiger charge is -2.41. The first-order chi connectivity index (χ1) is 19.9. The first kappa shape index (κ1) is 27.0. The number of rotatable bonds is 8. The van der Waals surface area contributed by atoms with Crippen LogP contribution in [-0.4, -0.2) is 63.7 Å². The molecule has 212 valence electrons. The maximum absolute atomic E-state index is 11.6. The molecule has 9 heteroatoms. The molecule has 41 heavy (non-hydrogen) atoms. The van der Waals surface area contributed by atoms with E-state index in [0.29, 0.717) is 24.2 Å². The molecule has 0 spiro atoms. The lowest BCUT2D eigenvalue weighted by Crippen LogP contribution is -2.50. The van der Waals surface area contributed by atoms with E-state index in [-0.39, 0.29) is 11.4 Å². The number of ether oxygens (including phenoxy) is 3. The molecule has 0 bridgehead atoms. The first-order valence-electron chi connectivity index (χ1n) is 13.8. The van der Waals surface area contributed by atoms with Crippen molar-refractivity contribution in [2.45, 2.75) is 46.4 Å². The minimum atomic E-state index is -1.11. The fourth-order valence-electron chi connectivity index (χ4n) is 5.84. The summed E-state index contributed by atoms with van der Waals surface area (Å²) < 4.78 is 18.7. The Hall–Kier alpha value is -4.21. The van der Waals surface area contributed by atoms with E-state index in [9.17, 15) is 9.90 Å². The Morgan fingerprint density at radius 1 is 1.10 bits per heavy atom. The topological polar surface area (TPSA) is 98.9 Å². The van der Waals surface area contributed by atoms with Crippen LogP contribution in [0.3, 0.4) is 0 Å². The lowest BCUT2D eigenvalue weighted by molar-refractivity contribution is -0.0695. The van der Waals surface area contributed by atoms with Gasteiger partial charge in [-0.3, -0.25) is 4.90 Å². The zero-order chi connectivity index (χ0) is 28.7. The van der Waals surface area contributed by atoms with Crippen molar-refractivity contribution < 1.29 is 24.1 Å². The Morgan fingerprint density at radius 3 is 2.63 bits per heavy atom. The van der Waals surface area contributed by atoms with Gasteiger partial charge >= 0.3 is 5.97 Å². The third-order valence-electron chi connectivity index (χ3n) is 8.27. The third kappa shape index (κ3) is 4.96. The normalized spacial score (nSPS) is 15.3. The van der Waals surface area contributed by atoms with Crippen molar-refractivity contribution in [3.63, 3.8) is 0 Å². The number of para-hydroxylation sites is 1. The number of methoxy groups -OCH3 is 1. The predicted molar refractivity (Wildman–Crippen MR) is 154 cm³/mol. The molecule has 0 unspecified atom stereocenters. The summed E-state index contributed by atoms with van der Waals surface area (Å²) in [4.78, 5) is 18.9. The van der Waals surface area contributed by atoms with Crippen LogP contribution in [0.2, 0.25) is 0 Å². The van der Waals surface area contributed by atoms with E-state index in [1.807, 2.05) is 37.3 Å². The van der Waals surface area contributed by atoms with Crippen LogP contribution in [0.5, 0.6) is 11.6 Å². The molecule has 0 aliphatic carbocycles. The molecule has 0 atom stereocenters. The number of pyridine rings is 1. The number of aryl methyl sites for hydroxylation is 2. The number of carboxylic acid groups (broad SMARTS) is 1. The summed E-state index contributed by atoms with van der Waals surface area (Å²) in [6.45, 7) is 10.6. The molecule has 0 saturated carbocycles. The van der Waals surface area contributed by atoms with Crippen LogP contribution in [0.4, 0.5) is 0 Å². The van der Waals surface area contributed by atoms with Crippen LogP contribution in [-0.2, 0) is 24.3 Å². The van der Waals surface area contributed by atoms with E-state index in [4.69, 9.17) is 19.2 Å². The molecular weight excluding hydrogens is 520 g/mol. The molecule has 6 rings (SSSR count). The summed E-state index contributed by atoms with van der Waals surface area (Å²) in [5.41, 5.74) is 9.23. The predicted octanol–water partition coefficient (Wildman–Crippen LogP) is 4.90. The zero-order valence-corrected chi connectivity index (χ0v) is 23.8. The second kappa shape index (κ2) is 11.0. The number of hydrogen-bond donors (Lipinski definition) is 1. The average molecular weight is 555 g/mol. The Morgan fingerprint density at radius 2 is 1.90 bits per heavy atom. The second-order valence-electron chi connectivity index (χ2n) is 10.8. The highest BCUT2D eigenvalue weighted by molar-refractivity contribution is 5.90. The Bertz CT molecular complexity index is 1620. The van der Waals surface area contributed by atoms with Crippen molar-refractivity contribution in [2.75, 3.05) is 26.9 Å². The molecular formula is C32H34N4O5. The van der Waals surface area contributed by atoms with Crippen molar-refractivity contribution in [1.82, 2.24) is 19.7 Å². The van der Waals surface area contributed by atoms with Crippen LogP contribution >= 0.6 is 0 Å². The molecule has 1 fully saturated rings. The molecule has 2 aliphatic rings. The van der Waals surface area contributed by atoms with Crippen LogP contribution in [0.1, 0.15) is 43.7 Å². The maximum Gasteiger partial charge on any atom is 0.342 e. The Kier molecular flexibility index (Phi) is 7.23. The van der Waals surface area contributed by atoms with Gasteiger partial charge in [0.25, 0.3) is 0 Å². The summed E-state index contributed by atoms with van der Waals surface area (Å²) >= 11 is 0. The Labute approximate surface area is 239 Å². The highest BCUT2D eigenvalue weighted by Crippen LogP contribution is 2.35. The molecule has 1 saturated heterocycles. The van der Waals surface area contributed by atoms with Crippen molar-refractivity contribution in [3.05, 3.63) is 87.6 Å². The standard InChI is InChI=1S/C32H34N4O5/c1-19-7-5-8-25(28-9-6-10-29(34-28)36-31(39-4)26(14-33-36)32(37)38)30(19)41-16-22-13-20(2)27-15-35(23-17-40-18-23)12-11-24(27)21(22)3/h5-10,13-14,23H,11-12,15-18H2,1-4H3,(H,37,38). The fourth-order valence-corrected chi connectivity index (χ4v) is 5.84. The molecule has 0 amide bonds. The van der Waals surface area contributed by atoms with E-state index in [2.05, 4.69) is 29.9 Å². The molecule has 2 aliphatic heterocycles. The zero-order valence-electron chi connectivity index (χ0n) is 23.8. The molecule has 1 N–H and O–H groups in total. The summed E-state index contributed by atoms with van der Waals surface area (Å²) in [6, 6.07) is 14.4. The van der Waals surface area contributed by atoms with E-state index in [1.165, 1.54) is 45.8 Å². The van der Waals surface area contributed by atoms with Gasteiger partial charge in [0.15, 0.2) is 5.82 Å². The molecule has 9 nitrogen and oxygen atoms in total. The van der Waals surface area contributed by atoms with Gasteiger partial charge in [-0.25, -0.2) is 9.78 Å². The van der Waals surface area contributed by atoms with Crippen LogP contribution in [0, 0.1) is 20.8 Å². The number of carbonyl (C=O) groups is 1. The van der Waals surface area contributed by atoms with Gasteiger partial charge in [-0.2, -0.15) is 9.78 Å². The van der Waals surface area contributed by atoms with Crippen LogP contribution in [0.15, 0.2) is 48.7 Å². The van der Waals surface area contributed by atoms with E-state index in [0.717, 1.165) is 49.6 Å². The highest BCUT2D eigenvalue weighted by Gasteiger charge is 2.30. The average Bonchev–Trinajstić information content (AvgIpc) is 3.38. The van der Waals surface area contributed by atoms with Gasteiger partial charge in [0.2, 0.25) is 5.88 Å². The van der Waals surface area contributed by atoms with E-state index >= 15 is 0 Å². The van der Waals surface area contributed by atoms with Gasteiger partial charge in [0.05, 0.1) is 38.3 Å². The smallest absolute Gasteiger partial charge is 0.342 e. The van der Waals surface area contributed by atoms with Gasteiger partial charge < -0.3 is 19.3 Å². The SMILES string of the molecule is COc1c(C(=O)O)cnn1-c1cccc(-c2cccc(C)c2OCc2cc(C)c3c(c2C)CCN(C2COC2)C3)n1. The quantitative estimate of drug-likeness (QED) is 0.328. The molecule has 4 aromatic rings. The summed E-state index contributed by atoms with van der Waals surface area (Å²) in [7, 11) is 1.42. The van der Waals surface area contributed by atoms with Crippen molar-refractivity contribution in [2.24, 2.45) is 0 Å². The minimum Gasteiger partial charge on any atom is -0.488 e. The van der Waals surface area contributed by atoms with Gasteiger partial charge in [-0.05, 0) is 78.8 Å². The van der Waals surface area contributed by atoms with Crippen molar-refractivity contribution in [3.8, 4) is 28.7 Å². The molecule has 2 aromatic carbocycles. The van der Waals surface area contributed by atoms with Crippen molar-refractivity contribution in [1.29, 1.82) is 0 Å². The fraction of sp³-hybridized carbons (Fsp3) is 0.344. The lowest BCUT2D eigenvalue weighted by atomic mass is 9.88. The number of aromatic nitrogens is 3. The Balaban J connectivity index is 1.28. The summed E-state index contributed by atoms with van der Waals surface area (Å²) in [6.07, 6.45) is 2.30. The molecule has 0 radical (unpaired) electrons. The first-order valence-corrected chi connectivity index (χ1v) is 13.8. The van der Waals surface area contributed by atoms with E-state index < -0.39 is 5.97 Å². The number of carboxylic acids is 1. The monoisotopic (exact) mass is 554 g/mol. The van der Waals surface area contributed by atoms with Crippen LogP contribution in [0.25, 0.3) is 17.1 Å². The van der Waals surface area contributed by atoms with Gasteiger partial charge in [0, 0.05) is 18.7 Å². The largest absolute Gasteiger partial charge is 0.488 e. The van der Waals surface area contributed by atoms with E-state index in [1.54, 1.807) is 6.07 Å². The van der Waals surface area contributed by atoms with Gasteiger partial charge in [-0.1, -0.05) is 24.3 Å². The number of aromatic carboxylic acids is 1. The summed E-state index contributed by atoms with van der Waals surface area (Å²) in [5.74, 6) is 0.214. The third-order valence-corrected chi connectivity index (χ3v) is 8.27. The number of fused-ring (bicyclic) bond motifs is 1. The molecule has 4 heterocycles. The second-order valence-corrected chi connectivity index (χ2v) is 10.8. The van der Waals surface area contributed by atoms with Crippen LogP contribution < -0.4 is 9.47 Å². The number of benzene rings is 2. The summed E-state index contributed by atoms with van der Waals surface area (Å²) in [5, 5.41) is 13.7. The minimum absolute atomic E-state index is 0.0280. The van der Waals surface area contributed by atoms with Crippen molar-refractivity contribution >= 4 is 5.97 Å². The molecule has 2 aromatic heterocycles. The number of nitrogens with zero attached hydrogens (tertiary/aromatic N) is 4. The number of hydrogen-bond acceptors (Lipinski definition) is 7.